The van der Waals surface area contributed by atoms with Gasteiger partial charge in [0.15, 0.2) is 0 Å². The number of carbonyl (C=O) groups excluding carboxylic acids is 2. The second-order valence-electron chi connectivity index (χ2n) is 6.82. The Bertz CT molecular complexity index is 593. The smallest absolute Gasteiger partial charge is 0.410 e. The molecule has 0 bridgehead atoms. The quantitative estimate of drug-likeness (QED) is 0.792. The van der Waals surface area contributed by atoms with Gasteiger partial charge in [-0.2, -0.15) is 0 Å². The van der Waals surface area contributed by atoms with Crippen LogP contribution in [0.4, 0.5) is 15.3 Å². The maximum atomic E-state index is 12.1. The molecule has 1 fully saturated rings. The molecule has 1 heterocycles. The van der Waals surface area contributed by atoms with Crippen LogP contribution in [0.5, 0.6) is 0 Å². The van der Waals surface area contributed by atoms with E-state index in [1.165, 1.54) is 0 Å². The van der Waals surface area contributed by atoms with Crippen LogP contribution in [0.25, 0.3) is 0 Å². The summed E-state index contributed by atoms with van der Waals surface area (Å²) in [5.74, 6) is 0. The maximum Gasteiger partial charge on any atom is 0.410 e. The van der Waals surface area contributed by atoms with Gasteiger partial charge in [-0.1, -0.05) is 12.1 Å². The lowest BCUT2D eigenvalue weighted by atomic mass is 10.1. The summed E-state index contributed by atoms with van der Waals surface area (Å²) in [6, 6.07) is 7.26. The molecule has 7 heteroatoms. The lowest BCUT2D eigenvalue weighted by Crippen LogP contribution is -2.48. The number of likely N-dealkylation sites (tertiary alicyclic amines) is 1. The molecule has 2 rings (SSSR count). The number of halogens is 1. The maximum absolute atomic E-state index is 12.1. The SMILES string of the molecule is CC(C)(C)OC(=O)N1CCC(NC(=O)Nc2ccccc2Br)CC1. The van der Waals surface area contributed by atoms with Crippen LogP contribution in [-0.4, -0.2) is 41.8 Å². The van der Waals surface area contributed by atoms with Crippen molar-refractivity contribution in [2.24, 2.45) is 0 Å². The van der Waals surface area contributed by atoms with Gasteiger partial charge >= 0.3 is 12.1 Å². The molecule has 0 radical (unpaired) electrons. The Morgan fingerprint density at radius 2 is 1.83 bits per heavy atom. The zero-order valence-electron chi connectivity index (χ0n) is 14.3. The van der Waals surface area contributed by atoms with Crippen LogP contribution in [-0.2, 0) is 4.74 Å². The molecule has 0 saturated carbocycles. The fourth-order valence-electron chi connectivity index (χ4n) is 2.44. The van der Waals surface area contributed by atoms with Crippen molar-refractivity contribution in [2.45, 2.75) is 45.3 Å². The third-order valence-electron chi connectivity index (χ3n) is 3.60. The molecule has 1 saturated heterocycles. The van der Waals surface area contributed by atoms with E-state index in [4.69, 9.17) is 4.74 Å². The summed E-state index contributed by atoms with van der Waals surface area (Å²) in [5.41, 5.74) is 0.232. The molecule has 24 heavy (non-hydrogen) atoms. The van der Waals surface area contributed by atoms with Gasteiger partial charge in [0.25, 0.3) is 0 Å². The molecular weight excluding hydrogens is 374 g/mol. The molecule has 0 unspecified atom stereocenters. The summed E-state index contributed by atoms with van der Waals surface area (Å²) in [5, 5.41) is 5.77. The number of urea groups is 1. The minimum absolute atomic E-state index is 0.0474. The van der Waals surface area contributed by atoms with E-state index in [-0.39, 0.29) is 18.2 Å². The highest BCUT2D eigenvalue weighted by atomic mass is 79.9. The zero-order valence-corrected chi connectivity index (χ0v) is 15.9. The van der Waals surface area contributed by atoms with Crippen LogP contribution < -0.4 is 10.6 Å². The van der Waals surface area contributed by atoms with Gasteiger partial charge in [0.2, 0.25) is 0 Å². The number of amides is 3. The van der Waals surface area contributed by atoms with Gasteiger partial charge in [0, 0.05) is 23.6 Å². The minimum atomic E-state index is -0.491. The van der Waals surface area contributed by atoms with Crippen molar-refractivity contribution in [3.8, 4) is 0 Å². The Morgan fingerprint density at radius 3 is 2.42 bits per heavy atom. The summed E-state index contributed by atoms with van der Waals surface area (Å²) in [4.78, 5) is 25.8. The van der Waals surface area contributed by atoms with E-state index in [1.807, 2.05) is 45.0 Å². The van der Waals surface area contributed by atoms with E-state index in [1.54, 1.807) is 4.90 Å². The predicted octanol–water partition coefficient (Wildman–Crippen LogP) is 3.97. The number of piperidine rings is 1. The van der Waals surface area contributed by atoms with Gasteiger partial charge in [-0.15, -0.1) is 0 Å². The van der Waals surface area contributed by atoms with Crippen LogP contribution in [0.15, 0.2) is 28.7 Å². The molecule has 1 aliphatic heterocycles. The number of rotatable bonds is 2. The molecule has 3 amide bonds. The third-order valence-corrected chi connectivity index (χ3v) is 4.30. The first-order chi connectivity index (χ1) is 11.2. The molecule has 2 N–H and O–H groups in total. The molecule has 1 aromatic rings. The van der Waals surface area contributed by atoms with Crippen LogP contribution in [0, 0.1) is 0 Å². The van der Waals surface area contributed by atoms with Crippen LogP contribution in [0.3, 0.4) is 0 Å². The van der Waals surface area contributed by atoms with Crippen molar-refractivity contribution in [3.05, 3.63) is 28.7 Å². The summed E-state index contributed by atoms with van der Waals surface area (Å²) in [6.45, 7) is 6.71. The van der Waals surface area contributed by atoms with Gasteiger partial charge in [-0.05, 0) is 61.7 Å². The summed E-state index contributed by atoms with van der Waals surface area (Å²) >= 11 is 3.40. The summed E-state index contributed by atoms with van der Waals surface area (Å²) in [6.07, 6.45) is 1.13. The highest BCUT2D eigenvalue weighted by Gasteiger charge is 2.27. The lowest BCUT2D eigenvalue weighted by Gasteiger charge is -2.33. The van der Waals surface area contributed by atoms with Gasteiger partial charge in [0.05, 0.1) is 5.69 Å². The Kier molecular flexibility index (Phi) is 6.10. The van der Waals surface area contributed by atoms with Crippen molar-refractivity contribution >= 4 is 33.7 Å². The molecule has 6 nitrogen and oxygen atoms in total. The highest BCUT2D eigenvalue weighted by Crippen LogP contribution is 2.21. The molecule has 0 aromatic heterocycles. The van der Waals surface area contributed by atoms with E-state index in [9.17, 15) is 9.59 Å². The number of benzene rings is 1. The molecule has 0 aliphatic carbocycles. The molecule has 1 aromatic carbocycles. The number of anilines is 1. The van der Waals surface area contributed by atoms with Crippen LogP contribution >= 0.6 is 15.9 Å². The van der Waals surface area contributed by atoms with Crippen molar-refractivity contribution in [2.75, 3.05) is 18.4 Å². The van der Waals surface area contributed by atoms with Gasteiger partial charge < -0.3 is 20.3 Å². The molecule has 0 atom stereocenters. The van der Waals surface area contributed by atoms with Crippen molar-refractivity contribution < 1.29 is 14.3 Å². The fourth-order valence-corrected chi connectivity index (χ4v) is 2.82. The number of hydrogen-bond donors (Lipinski definition) is 2. The largest absolute Gasteiger partial charge is 0.444 e. The van der Waals surface area contributed by atoms with Crippen molar-refractivity contribution in [1.82, 2.24) is 10.2 Å². The number of ether oxygens (including phenoxy) is 1. The lowest BCUT2D eigenvalue weighted by molar-refractivity contribution is 0.0202. The van der Waals surface area contributed by atoms with Crippen molar-refractivity contribution in [1.29, 1.82) is 0 Å². The first-order valence-electron chi connectivity index (χ1n) is 8.04. The second-order valence-corrected chi connectivity index (χ2v) is 7.67. The zero-order chi connectivity index (χ0) is 17.7. The number of nitrogens with one attached hydrogen (secondary N) is 2. The Morgan fingerprint density at radius 1 is 1.21 bits per heavy atom. The summed E-state index contributed by atoms with van der Waals surface area (Å²) in [7, 11) is 0. The third kappa shape index (κ3) is 5.70. The second kappa shape index (κ2) is 7.88. The molecule has 0 spiro atoms. The fraction of sp³-hybridized carbons (Fsp3) is 0.529. The topological polar surface area (TPSA) is 70.7 Å². The highest BCUT2D eigenvalue weighted by molar-refractivity contribution is 9.10. The van der Waals surface area contributed by atoms with E-state index in [0.717, 1.165) is 10.2 Å². The van der Waals surface area contributed by atoms with E-state index < -0.39 is 5.60 Å². The first kappa shape index (κ1) is 18.6. The average molecular weight is 398 g/mol. The predicted molar refractivity (Wildman–Crippen MR) is 97.1 cm³/mol. The summed E-state index contributed by atoms with van der Waals surface area (Å²) < 4.78 is 6.20. The molecule has 1 aliphatic rings. The van der Waals surface area contributed by atoms with Gasteiger partial charge in [-0.25, -0.2) is 9.59 Å². The Hall–Kier alpha value is -1.76. The van der Waals surface area contributed by atoms with E-state index >= 15 is 0 Å². The first-order valence-corrected chi connectivity index (χ1v) is 8.84. The standard InChI is InChI=1S/C17H24BrN3O3/c1-17(2,3)24-16(23)21-10-8-12(9-11-21)19-15(22)20-14-7-5-4-6-13(14)18/h4-7,12H,8-11H2,1-3H3,(H2,19,20,22). The molecular formula is C17H24BrN3O3. The van der Waals surface area contributed by atoms with Gasteiger partial charge in [0.1, 0.15) is 5.60 Å². The number of hydrogen-bond acceptors (Lipinski definition) is 3. The number of para-hydroxylation sites is 1. The van der Waals surface area contributed by atoms with E-state index in [0.29, 0.717) is 25.9 Å². The Labute approximate surface area is 151 Å². The number of nitrogens with zero attached hydrogens (tertiary/aromatic N) is 1. The van der Waals surface area contributed by atoms with Gasteiger partial charge in [-0.3, -0.25) is 0 Å². The number of carbonyl (C=O) groups is 2. The Balaban J connectivity index is 1.77. The van der Waals surface area contributed by atoms with E-state index in [2.05, 4.69) is 26.6 Å². The van der Waals surface area contributed by atoms with Crippen LogP contribution in [0.1, 0.15) is 33.6 Å². The monoisotopic (exact) mass is 397 g/mol. The normalized spacial score (nSPS) is 15.8. The molecule has 132 valence electrons. The average Bonchev–Trinajstić information content (AvgIpc) is 2.48. The van der Waals surface area contributed by atoms with Crippen LogP contribution in [0.2, 0.25) is 0 Å². The van der Waals surface area contributed by atoms with Crippen molar-refractivity contribution in [3.63, 3.8) is 0 Å². The minimum Gasteiger partial charge on any atom is -0.444 e.